The maximum atomic E-state index is 12.7. The molecular weight excluding hydrogens is 538 g/mol. The van der Waals surface area contributed by atoms with E-state index in [1.165, 1.54) is 0 Å². The number of unbranched alkanes of at least 4 members (excludes halogenated alkanes) is 1. The smallest absolute Gasteiger partial charge is 0.410 e. The zero-order valence-corrected chi connectivity index (χ0v) is 26.2. The second-order valence-corrected chi connectivity index (χ2v) is 12.9. The highest BCUT2D eigenvalue weighted by Gasteiger charge is 2.27. The Balaban J connectivity index is 4.72. The lowest BCUT2D eigenvalue weighted by molar-refractivity contribution is -0.123. The molecule has 4 amide bonds. The van der Waals surface area contributed by atoms with E-state index < -0.39 is 59.2 Å². The summed E-state index contributed by atoms with van der Waals surface area (Å²) >= 11 is 0. The van der Waals surface area contributed by atoms with Crippen molar-refractivity contribution in [3.05, 3.63) is 0 Å². The predicted octanol–water partition coefficient (Wildman–Crippen LogP) is 1.61. The van der Waals surface area contributed by atoms with Crippen molar-refractivity contribution in [2.24, 2.45) is 5.73 Å². The average Bonchev–Trinajstić information content (AvgIpc) is 2.77. The Hall–Kier alpha value is -2.84. The third kappa shape index (κ3) is 21.6. The fourth-order valence-corrected chi connectivity index (χ4v) is 3.18. The van der Waals surface area contributed by atoms with Crippen LogP contribution in [-0.2, 0) is 19.0 Å². The molecule has 0 spiro atoms. The maximum absolute atomic E-state index is 12.7. The quantitative estimate of drug-likeness (QED) is 0.127. The summed E-state index contributed by atoms with van der Waals surface area (Å²) in [6, 6.07) is -0.827. The Bertz CT molecular complexity index is 835. The van der Waals surface area contributed by atoms with Crippen molar-refractivity contribution in [3.63, 3.8) is 0 Å². The van der Waals surface area contributed by atoms with Crippen LogP contribution in [0.5, 0.6) is 0 Å². The molecule has 14 heteroatoms. The number of rotatable bonds is 14. The van der Waals surface area contributed by atoms with Crippen LogP contribution in [0.25, 0.3) is 0 Å². The molecule has 0 aromatic rings. The Labute approximate surface area is 244 Å². The standard InChI is InChI=1S/C27H53N5O9/c1-25(2,3)39-22(36)29-13-11-10-12-20(28)21(35)30-14-18(33)16-32(24(38)41-27(7,8)9)17-19(34)15-31-23(37)40-26(4,5)6/h18-20,33-34H,10-17,28H2,1-9H3,(H,29,36)(H,30,35)(H,31,37)/t18?,19?,20-/m0/s1. The van der Waals surface area contributed by atoms with E-state index in [2.05, 4.69) is 16.0 Å². The van der Waals surface area contributed by atoms with Crippen LogP contribution in [0.3, 0.4) is 0 Å². The minimum Gasteiger partial charge on any atom is -0.444 e. The average molecular weight is 592 g/mol. The summed E-state index contributed by atoms with van der Waals surface area (Å²) in [4.78, 5) is 49.7. The lowest BCUT2D eigenvalue weighted by atomic mass is 10.1. The summed E-state index contributed by atoms with van der Waals surface area (Å²) in [5, 5.41) is 28.5. The number of aliphatic hydroxyl groups is 2. The topological polar surface area (TPSA) is 202 Å². The van der Waals surface area contributed by atoms with Gasteiger partial charge in [0.25, 0.3) is 0 Å². The normalized spacial score (nSPS) is 14.2. The molecule has 0 bridgehead atoms. The number of aliphatic hydroxyl groups excluding tert-OH is 2. The van der Waals surface area contributed by atoms with Crippen LogP contribution in [0, 0.1) is 0 Å². The lowest BCUT2D eigenvalue weighted by Crippen LogP contribution is -2.50. The van der Waals surface area contributed by atoms with Gasteiger partial charge in [-0.15, -0.1) is 0 Å². The molecule has 0 aliphatic carbocycles. The fourth-order valence-electron chi connectivity index (χ4n) is 3.18. The molecule has 0 saturated heterocycles. The van der Waals surface area contributed by atoms with E-state index in [0.717, 1.165) is 4.90 Å². The lowest BCUT2D eigenvalue weighted by Gasteiger charge is -2.30. The highest BCUT2D eigenvalue weighted by atomic mass is 16.6. The van der Waals surface area contributed by atoms with Crippen LogP contribution < -0.4 is 21.7 Å². The van der Waals surface area contributed by atoms with Crippen molar-refractivity contribution in [1.82, 2.24) is 20.9 Å². The summed E-state index contributed by atoms with van der Waals surface area (Å²) in [6.45, 7) is 14.9. The summed E-state index contributed by atoms with van der Waals surface area (Å²) in [6.07, 6.45) is -2.86. The minimum atomic E-state index is -1.19. The third-order valence-electron chi connectivity index (χ3n) is 4.85. The van der Waals surface area contributed by atoms with Gasteiger partial charge in [-0.1, -0.05) is 0 Å². The van der Waals surface area contributed by atoms with E-state index in [1.54, 1.807) is 62.3 Å². The molecule has 3 atom stereocenters. The highest BCUT2D eigenvalue weighted by molar-refractivity contribution is 5.81. The van der Waals surface area contributed by atoms with Gasteiger partial charge in [0.05, 0.1) is 31.3 Å². The molecule has 0 radical (unpaired) electrons. The van der Waals surface area contributed by atoms with Gasteiger partial charge >= 0.3 is 18.3 Å². The molecule has 0 saturated carbocycles. The number of hydrogen-bond donors (Lipinski definition) is 6. The maximum Gasteiger partial charge on any atom is 0.410 e. The summed E-state index contributed by atoms with van der Waals surface area (Å²) in [5.41, 5.74) is 3.81. The molecule has 41 heavy (non-hydrogen) atoms. The van der Waals surface area contributed by atoms with Crippen LogP contribution in [0.4, 0.5) is 14.4 Å². The number of nitrogens with zero attached hydrogens (tertiary/aromatic N) is 1. The highest BCUT2D eigenvalue weighted by Crippen LogP contribution is 2.12. The van der Waals surface area contributed by atoms with E-state index in [-0.39, 0.29) is 26.2 Å². The van der Waals surface area contributed by atoms with Crippen molar-refractivity contribution in [1.29, 1.82) is 0 Å². The fraction of sp³-hybridized carbons (Fsp3) is 0.852. The molecule has 0 rings (SSSR count). The van der Waals surface area contributed by atoms with Crippen LogP contribution >= 0.6 is 0 Å². The second-order valence-electron chi connectivity index (χ2n) is 12.9. The molecular formula is C27H53N5O9. The molecule has 14 nitrogen and oxygen atoms in total. The largest absolute Gasteiger partial charge is 0.444 e. The van der Waals surface area contributed by atoms with Gasteiger partial charge in [0.1, 0.15) is 16.8 Å². The van der Waals surface area contributed by atoms with Crippen molar-refractivity contribution < 1.29 is 43.6 Å². The van der Waals surface area contributed by atoms with Gasteiger partial charge in [-0.05, 0) is 81.6 Å². The summed E-state index contributed by atoms with van der Waals surface area (Å²) in [5.74, 6) is -0.477. The van der Waals surface area contributed by atoms with Crippen molar-refractivity contribution >= 4 is 24.2 Å². The zero-order valence-electron chi connectivity index (χ0n) is 26.2. The molecule has 0 heterocycles. The molecule has 2 unspecified atom stereocenters. The van der Waals surface area contributed by atoms with E-state index >= 15 is 0 Å². The van der Waals surface area contributed by atoms with Crippen molar-refractivity contribution in [2.75, 3.05) is 32.7 Å². The number of alkyl carbamates (subject to hydrolysis) is 2. The van der Waals surface area contributed by atoms with Gasteiger partial charge in [-0.25, -0.2) is 14.4 Å². The number of nitrogens with one attached hydrogen (secondary N) is 3. The first kappa shape index (κ1) is 38.2. The van der Waals surface area contributed by atoms with Gasteiger partial charge in [-0.3, -0.25) is 4.79 Å². The van der Waals surface area contributed by atoms with E-state index in [1.807, 2.05) is 0 Å². The monoisotopic (exact) mass is 591 g/mol. The first-order chi connectivity index (χ1) is 18.6. The molecule has 7 N–H and O–H groups in total. The minimum absolute atomic E-state index is 0.196. The number of ether oxygens (including phenoxy) is 3. The second kappa shape index (κ2) is 17.2. The van der Waals surface area contributed by atoms with Crippen LogP contribution in [0.2, 0.25) is 0 Å². The Kier molecular flexibility index (Phi) is 16.0. The molecule has 0 aliphatic heterocycles. The van der Waals surface area contributed by atoms with Crippen molar-refractivity contribution in [3.8, 4) is 0 Å². The molecule has 0 fully saturated rings. The van der Waals surface area contributed by atoms with Gasteiger partial charge in [-0.2, -0.15) is 0 Å². The van der Waals surface area contributed by atoms with E-state index in [4.69, 9.17) is 19.9 Å². The number of carbonyl (C=O) groups is 4. The van der Waals surface area contributed by atoms with Crippen LogP contribution in [0.15, 0.2) is 0 Å². The Morgan fingerprint density at radius 1 is 0.707 bits per heavy atom. The van der Waals surface area contributed by atoms with Crippen LogP contribution in [0.1, 0.15) is 81.6 Å². The first-order valence-corrected chi connectivity index (χ1v) is 13.9. The van der Waals surface area contributed by atoms with Crippen LogP contribution in [-0.4, -0.2) is 107 Å². The van der Waals surface area contributed by atoms with Crippen molar-refractivity contribution in [2.45, 2.75) is 117 Å². The molecule has 0 aliphatic rings. The number of nitrogens with two attached hydrogens (primary N) is 1. The first-order valence-electron chi connectivity index (χ1n) is 13.9. The van der Waals surface area contributed by atoms with Gasteiger partial charge in [0.15, 0.2) is 0 Å². The predicted molar refractivity (Wildman–Crippen MR) is 153 cm³/mol. The van der Waals surface area contributed by atoms with Gasteiger partial charge < -0.3 is 51.0 Å². The molecule has 240 valence electrons. The molecule has 0 aromatic heterocycles. The number of carbonyl (C=O) groups excluding carboxylic acids is 4. The summed E-state index contributed by atoms with van der Waals surface area (Å²) < 4.78 is 15.7. The number of amides is 4. The molecule has 0 aromatic carbocycles. The third-order valence-corrected chi connectivity index (χ3v) is 4.85. The van der Waals surface area contributed by atoms with E-state index in [0.29, 0.717) is 25.8 Å². The number of hydrogen-bond acceptors (Lipinski definition) is 10. The van der Waals surface area contributed by atoms with Gasteiger partial charge in [0.2, 0.25) is 5.91 Å². The Morgan fingerprint density at radius 2 is 1.15 bits per heavy atom. The van der Waals surface area contributed by atoms with Gasteiger partial charge in [0, 0.05) is 19.6 Å². The SMILES string of the molecule is CC(C)(C)OC(=O)NCCCC[C@H](N)C(=O)NCC(O)CN(CC(O)CNC(=O)OC(C)(C)C)C(=O)OC(C)(C)C. The summed E-state index contributed by atoms with van der Waals surface area (Å²) in [7, 11) is 0. The van der Waals surface area contributed by atoms with E-state index in [9.17, 15) is 29.4 Å². The Morgan fingerprint density at radius 3 is 1.61 bits per heavy atom. The zero-order chi connectivity index (χ0) is 32.0.